The second kappa shape index (κ2) is 8.70. The quantitative estimate of drug-likeness (QED) is 0.351. The monoisotopic (exact) mass is 535 g/mol. The molecule has 2 amide bonds. The van der Waals surface area contributed by atoms with Gasteiger partial charge >= 0.3 is 5.97 Å². The predicted molar refractivity (Wildman–Crippen MR) is 137 cm³/mol. The summed E-state index contributed by atoms with van der Waals surface area (Å²) in [6.45, 7) is 0.620. The molecule has 38 heavy (non-hydrogen) atoms. The molecule has 1 fully saturated rings. The van der Waals surface area contributed by atoms with Crippen molar-refractivity contribution in [1.82, 2.24) is 25.0 Å². The van der Waals surface area contributed by atoms with Crippen LogP contribution in [0.2, 0.25) is 5.02 Å². The molecular weight excluding hydrogens is 513 g/mol. The largest absolute Gasteiger partial charge is 0.478 e. The third-order valence-corrected chi connectivity index (χ3v) is 7.94. The van der Waals surface area contributed by atoms with Crippen LogP contribution in [0.15, 0.2) is 42.5 Å². The number of carboxylic acids is 1. The van der Waals surface area contributed by atoms with E-state index >= 15 is 0 Å². The highest BCUT2D eigenvalue weighted by molar-refractivity contribution is 6.31. The number of rotatable bonds is 5. The van der Waals surface area contributed by atoms with Crippen molar-refractivity contribution >= 4 is 40.3 Å². The summed E-state index contributed by atoms with van der Waals surface area (Å²) in [4.78, 5) is 44.5. The summed E-state index contributed by atoms with van der Waals surface area (Å²) >= 11 is 5.88. The average molecular weight is 536 g/mol. The SMILES string of the molecule is CN(C(=O)c1[nH]nc2c1CN(C(=O)c1cc3cc(F)c(Cl)cc3[nH]1)CC2)C1(c2ccc(C(=O)O)cc2)CC1. The van der Waals surface area contributed by atoms with Gasteiger partial charge in [0.25, 0.3) is 11.8 Å². The number of aromatic nitrogens is 3. The summed E-state index contributed by atoms with van der Waals surface area (Å²) in [5.41, 5.74) is 3.16. The van der Waals surface area contributed by atoms with Crippen LogP contribution >= 0.6 is 11.6 Å². The first-order chi connectivity index (χ1) is 18.2. The zero-order valence-corrected chi connectivity index (χ0v) is 21.1. The maximum Gasteiger partial charge on any atom is 0.335 e. The molecule has 0 atom stereocenters. The molecule has 2 aromatic carbocycles. The minimum Gasteiger partial charge on any atom is -0.478 e. The zero-order valence-electron chi connectivity index (χ0n) is 20.3. The molecule has 2 aromatic heterocycles. The van der Waals surface area contributed by atoms with E-state index in [-0.39, 0.29) is 28.9 Å². The number of halogens is 2. The number of nitrogens with zero attached hydrogens (tertiary/aromatic N) is 3. The Balaban J connectivity index is 1.24. The normalized spacial score (nSPS) is 15.8. The second-order valence-corrected chi connectivity index (χ2v) is 10.2. The average Bonchev–Trinajstić information content (AvgIpc) is 3.46. The Labute approximate surface area is 221 Å². The van der Waals surface area contributed by atoms with Crippen LogP contribution < -0.4 is 0 Å². The Bertz CT molecular complexity index is 1580. The Morgan fingerprint density at radius 1 is 1.16 bits per heavy atom. The molecule has 0 saturated heterocycles. The predicted octanol–water partition coefficient (Wildman–Crippen LogP) is 4.34. The molecular formula is C27H23ClFN5O4. The van der Waals surface area contributed by atoms with Crippen LogP contribution in [0.3, 0.4) is 0 Å². The fourth-order valence-corrected chi connectivity index (χ4v) is 5.44. The van der Waals surface area contributed by atoms with E-state index in [2.05, 4.69) is 15.2 Å². The van der Waals surface area contributed by atoms with Crippen molar-refractivity contribution in [2.24, 2.45) is 0 Å². The van der Waals surface area contributed by atoms with Crippen LogP contribution in [-0.2, 0) is 18.5 Å². The van der Waals surface area contributed by atoms with Crippen LogP contribution in [0.25, 0.3) is 10.9 Å². The summed E-state index contributed by atoms with van der Waals surface area (Å²) in [5, 5.41) is 16.9. The zero-order chi connectivity index (χ0) is 26.8. The number of carbonyl (C=O) groups is 3. The molecule has 0 unspecified atom stereocenters. The molecule has 194 valence electrons. The first kappa shape index (κ1) is 24.2. The first-order valence-electron chi connectivity index (χ1n) is 12.1. The fourth-order valence-electron chi connectivity index (χ4n) is 5.27. The Kier molecular flexibility index (Phi) is 5.53. The van der Waals surface area contributed by atoms with Gasteiger partial charge < -0.3 is 19.9 Å². The van der Waals surface area contributed by atoms with Crippen molar-refractivity contribution < 1.29 is 23.9 Å². The van der Waals surface area contributed by atoms with E-state index in [4.69, 9.17) is 11.6 Å². The molecule has 3 heterocycles. The highest BCUT2D eigenvalue weighted by Crippen LogP contribution is 2.51. The molecule has 0 bridgehead atoms. The number of benzene rings is 2. The van der Waals surface area contributed by atoms with Gasteiger partial charge in [0.15, 0.2) is 0 Å². The van der Waals surface area contributed by atoms with Crippen LogP contribution in [-0.4, -0.2) is 61.5 Å². The number of nitrogens with one attached hydrogen (secondary N) is 2. The van der Waals surface area contributed by atoms with Gasteiger partial charge in [-0.2, -0.15) is 5.10 Å². The minimum absolute atomic E-state index is 0.0297. The van der Waals surface area contributed by atoms with Gasteiger partial charge in [-0.3, -0.25) is 14.7 Å². The number of carbonyl (C=O) groups excluding carboxylic acids is 2. The van der Waals surface area contributed by atoms with Crippen molar-refractivity contribution in [3.63, 3.8) is 0 Å². The number of hydrogen-bond donors (Lipinski definition) is 3. The lowest BCUT2D eigenvalue weighted by atomic mass is 10.00. The Hall–Kier alpha value is -4.18. The molecule has 9 nitrogen and oxygen atoms in total. The van der Waals surface area contributed by atoms with Crippen LogP contribution in [0.1, 0.15) is 61.0 Å². The number of aromatic carboxylic acids is 1. The summed E-state index contributed by atoms with van der Waals surface area (Å²) in [6.07, 6.45) is 2.00. The third-order valence-electron chi connectivity index (χ3n) is 7.65. The van der Waals surface area contributed by atoms with Gasteiger partial charge in [0.05, 0.1) is 28.4 Å². The summed E-state index contributed by atoms with van der Waals surface area (Å²) in [7, 11) is 1.73. The standard InChI is InChI=1S/C27H23ClFN5O4/c1-33(27(7-8-27)16-4-2-14(3-5-16)26(37)38)25(36)23-17-13-34(9-6-20(17)31-32-23)24(35)22-11-15-10-19(29)18(28)12-21(15)30-22/h2-5,10-12,30H,6-9,13H2,1H3,(H,31,32)(H,37,38). The smallest absolute Gasteiger partial charge is 0.335 e. The molecule has 0 spiro atoms. The molecule has 1 aliphatic carbocycles. The molecule has 6 rings (SSSR count). The second-order valence-electron chi connectivity index (χ2n) is 9.82. The molecule has 2 aliphatic rings. The van der Waals surface area contributed by atoms with Gasteiger partial charge in [0, 0.05) is 36.5 Å². The molecule has 3 N–H and O–H groups in total. The van der Waals surface area contributed by atoms with Gasteiger partial charge in [-0.05, 0) is 48.7 Å². The van der Waals surface area contributed by atoms with E-state index in [0.29, 0.717) is 40.8 Å². The minimum atomic E-state index is -1.00. The van der Waals surface area contributed by atoms with Crippen LogP contribution in [0.5, 0.6) is 0 Å². The molecule has 11 heteroatoms. The molecule has 1 aliphatic heterocycles. The van der Waals surface area contributed by atoms with E-state index < -0.39 is 17.3 Å². The maximum atomic E-state index is 13.9. The Morgan fingerprint density at radius 3 is 2.58 bits per heavy atom. The third kappa shape index (κ3) is 3.83. The van der Waals surface area contributed by atoms with Gasteiger partial charge in [0.1, 0.15) is 17.2 Å². The van der Waals surface area contributed by atoms with Gasteiger partial charge in [-0.25, -0.2) is 9.18 Å². The van der Waals surface area contributed by atoms with Gasteiger partial charge in [0.2, 0.25) is 0 Å². The number of carboxylic acid groups (broad SMARTS) is 1. The van der Waals surface area contributed by atoms with E-state index in [9.17, 15) is 23.9 Å². The van der Waals surface area contributed by atoms with Crippen molar-refractivity contribution in [1.29, 1.82) is 0 Å². The maximum absolute atomic E-state index is 13.9. The number of fused-ring (bicyclic) bond motifs is 2. The lowest BCUT2D eigenvalue weighted by Crippen LogP contribution is -2.39. The highest BCUT2D eigenvalue weighted by Gasteiger charge is 2.50. The van der Waals surface area contributed by atoms with Crippen molar-refractivity contribution in [3.8, 4) is 0 Å². The van der Waals surface area contributed by atoms with E-state index in [1.165, 1.54) is 12.1 Å². The van der Waals surface area contributed by atoms with Crippen LogP contribution in [0, 0.1) is 5.82 Å². The van der Waals surface area contributed by atoms with Crippen LogP contribution in [0.4, 0.5) is 4.39 Å². The number of H-pyrrole nitrogens is 2. The first-order valence-corrected chi connectivity index (χ1v) is 12.5. The fraction of sp³-hybridized carbons (Fsp3) is 0.259. The van der Waals surface area contributed by atoms with E-state index in [1.807, 2.05) is 0 Å². The molecule has 1 saturated carbocycles. The van der Waals surface area contributed by atoms with Crippen molar-refractivity contribution in [3.05, 3.63) is 87.1 Å². The van der Waals surface area contributed by atoms with E-state index in [1.54, 1.807) is 47.2 Å². The summed E-state index contributed by atoms with van der Waals surface area (Å²) in [5.74, 6) is -2.08. The summed E-state index contributed by atoms with van der Waals surface area (Å²) in [6, 6.07) is 10.9. The highest BCUT2D eigenvalue weighted by atomic mass is 35.5. The van der Waals surface area contributed by atoms with Crippen molar-refractivity contribution in [2.75, 3.05) is 13.6 Å². The lowest BCUT2D eigenvalue weighted by Gasteiger charge is -2.30. The summed E-state index contributed by atoms with van der Waals surface area (Å²) < 4.78 is 13.9. The van der Waals surface area contributed by atoms with Crippen molar-refractivity contribution in [2.45, 2.75) is 31.3 Å². The number of amides is 2. The van der Waals surface area contributed by atoms with Gasteiger partial charge in [-0.1, -0.05) is 23.7 Å². The number of hydrogen-bond acceptors (Lipinski definition) is 4. The molecule has 4 aromatic rings. The topological polar surface area (TPSA) is 122 Å². The Morgan fingerprint density at radius 2 is 1.89 bits per heavy atom. The van der Waals surface area contributed by atoms with Gasteiger partial charge in [-0.15, -0.1) is 0 Å². The van der Waals surface area contributed by atoms with E-state index in [0.717, 1.165) is 24.1 Å². The lowest BCUT2D eigenvalue weighted by molar-refractivity contribution is 0.0678. The molecule has 0 radical (unpaired) electrons. The number of aromatic amines is 2.